The Labute approximate surface area is 235 Å². The fraction of sp³-hybridized carbons (Fsp3) is 0.577. The summed E-state index contributed by atoms with van der Waals surface area (Å²) in [5.74, 6) is -4.75. The summed E-state index contributed by atoms with van der Waals surface area (Å²) < 4.78 is 43.9. The molecular formula is C26H31NO14. The topological polar surface area (TPSA) is 200 Å². The van der Waals surface area contributed by atoms with Crippen LogP contribution in [0.3, 0.4) is 0 Å². The van der Waals surface area contributed by atoms with Gasteiger partial charge in [-0.25, -0.2) is 0 Å². The quantitative estimate of drug-likeness (QED) is 0.205. The second kappa shape index (κ2) is 14.9. The van der Waals surface area contributed by atoms with E-state index in [1.807, 2.05) is 6.07 Å². The smallest absolute Gasteiger partial charge is 0.303 e. The maximum Gasteiger partial charge on any atom is 0.303 e. The summed E-state index contributed by atoms with van der Waals surface area (Å²) in [5, 5.41) is 9.35. The van der Waals surface area contributed by atoms with Gasteiger partial charge in [0.05, 0.1) is 6.07 Å². The number of carbonyl (C=O) groups excluding carboxylic acids is 6. The molecular weight excluding hydrogens is 550 g/mol. The largest absolute Gasteiger partial charge is 0.463 e. The molecule has 0 spiro atoms. The molecule has 15 heteroatoms. The van der Waals surface area contributed by atoms with E-state index in [1.165, 1.54) is 12.2 Å². The molecule has 1 aliphatic carbocycles. The van der Waals surface area contributed by atoms with Gasteiger partial charge in [0.2, 0.25) is 0 Å². The van der Waals surface area contributed by atoms with Gasteiger partial charge in [-0.1, -0.05) is 6.08 Å². The minimum Gasteiger partial charge on any atom is -0.463 e. The molecule has 0 bridgehead atoms. The summed E-state index contributed by atoms with van der Waals surface area (Å²) in [7, 11) is 0. The molecule has 1 saturated heterocycles. The van der Waals surface area contributed by atoms with Crippen LogP contribution in [0.4, 0.5) is 0 Å². The van der Waals surface area contributed by atoms with E-state index in [4.69, 9.17) is 37.9 Å². The van der Waals surface area contributed by atoms with E-state index in [2.05, 4.69) is 0 Å². The Hall–Kier alpha value is -4.29. The second-order valence-corrected chi connectivity index (χ2v) is 8.90. The van der Waals surface area contributed by atoms with Crippen molar-refractivity contribution in [2.75, 3.05) is 6.61 Å². The molecule has 2 rings (SSSR count). The summed E-state index contributed by atoms with van der Waals surface area (Å²) in [4.78, 5) is 71.4. The van der Waals surface area contributed by atoms with Crippen LogP contribution in [0, 0.1) is 11.3 Å². The molecule has 0 aromatic carbocycles. The van der Waals surface area contributed by atoms with Gasteiger partial charge in [-0.3, -0.25) is 28.8 Å². The molecule has 0 amide bonds. The standard InChI is InChI=1S/C26H31NO14/c1-12(28)34-11-20-23(37-15(4)31)24(38-16(5)32)25(39-17(6)33)26(40-20)41-21-18(9-10-27)7-8-19(35-13(2)29)22(21)36-14(3)30/h7-9,19-26H,11H2,1-6H3/b18-9-/t19-,20-,21+,22-,23-,24+,25-,26+/m1/s1. The molecule has 15 nitrogen and oxygen atoms in total. The highest BCUT2D eigenvalue weighted by Crippen LogP contribution is 2.34. The predicted octanol–water partition coefficient (Wildman–Crippen LogP) is 0.338. The fourth-order valence-electron chi connectivity index (χ4n) is 4.19. The summed E-state index contributed by atoms with van der Waals surface area (Å²) in [6.45, 7) is 6.03. The van der Waals surface area contributed by atoms with E-state index in [9.17, 15) is 34.0 Å². The van der Waals surface area contributed by atoms with Crippen molar-refractivity contribution in [3.8, 4) is 6.07 Å². The Balaban J connectivity index is 2.64. The molecule has 1 fully saturated rings. The number of allylic oxidation sites excluding steroid dienone is 1. The summed E-state index contributed by atoms with van der Waals surface area (Å²) in [5.41, 5.74) is 0.148. The van der Waals surface area contributed by atoms with Crippen molar-refractivity contribution in [1.82, 2.24) is 0 Å². The van der Waals surface area contributed by atoms with Crippen LogP contribution in [0.15, 0.2) is 23.8 Å². The Morgan fingerprint density at radius 2 is 1.27 bits per heavy atom. The zero-order valence-corrected chi connectivity index (χ0v) is 23.2. The van der Waals surface area contributed by atoms with Crippen LogP contribution in [-0.2, 0) is 66.7 Å². The van der Waals surface area contributed by atoms with Crippen LogP contribution in [0.25, 0.3) is 0 Å². The number of nitriles is 1. The Kier molecular flexibility index (Phi) is 12.0. The number of hydrogen-bond donors (Lipinski definition) is 0. The highest BCUT2D eigenvalue weighted by atomic mass is 16.7. The maximum absolute atomic E-state index is 12.1. The predicted molar refractivity (Wildman–Crippen MR) is 131 cm³/mol. The van der Waals surface area contributed by atoms with Crippen molar-refractivity contribution < 1.29 is 66.7 Å². The van der Waals surface area contributed by atoms with Gasteiger partial charge in [0.1, 0.15) is 18.8 Å². The number of ether oxygens (including phenoxy) is 8. The lowest BCUT2D eigenvalue weighted by atomic mass is 9.92. The summed E-state index contributed by atoms with van der Waals surface area (Å²) in [6, 6.07) is 1.83. The van der Waals surface area contributed by atoms with E-state index in [-0.39, 0.29) is 5.57 Å². The molecule has 1 aliphatic heterocycles. The molecule has 224 valence electrons. The van der Waals surface area contributed by atoms with E-state index in [1.54, 1.807) is 0 Å². The van der Waals surface area contributed by atoms with E-state index >= 15 is 0 Å². The minimum atomic E-state index is -1.66. The van der Waals surface area contributed by atoms with Gasteiger partial charge in [-0.2, -0.15) is 5.26 Å². The fourth-order valence-corrected chi connectivity index (χ4v) is 4.19. The highest BCUT2D eigenvalue weighted by molar-refractivity contribution is 5.69. The third-order valence-electron chi connectivity index (χ3n) is 5.49. The van der Waals surface area contributed by atoms with Gasteiger partial charge >= 0.3 is 35.8 Å². The number of nitrogens with zero attached hydrogens (tertiary/aromatic N) is 1. The molecule has 2 aliphatic rings. The van der Waals surface area contributed by atoms with Crippen molar-refractivity contribution in [2.45, 2.75) is 90.6 Å². The van der Waals surface area contributed by atoms with Crippen LogP contribution in [0.2, 0.25) is 0 Å². The first-order chi connectivity index (χ1) is 19.2. The third-order valence-corrected chi connectivity index (χ3v) is 5.49. The van der Waals surface area contributed by atoms with Crippen molar-refractivity contribution in [2.24, 2.45) is 0 Å². The molecule has 8 atom stereocenters. The van der Waals surface area contributed by atoms with Crippen LogP contribution in [-0.4, -0.2) is 91.4 Å². The van der Waals surface area contributed by atoms with E-state index < -0.39 is 91.4 Å². The third kappa shape index (κ3) is 9.69. The van der Waals surface area contributed by atoms with Gasteiger partial charge in [0.25, 0.3) is 0 Å². The van der Waals surface area contributed by atoms with Gasteiger partial charge in [-0.15, -0.1) is 0 Å². The number of esters is 6. The molecule has 0 aromatic heterocycles. The van der Waals surface area contributed by atoms with Gasteiger partial charge in [0.15, 0.2) is 36.8 Å². The zero-order valence-electron chi connectivity index (χ0n) is 23.2. The first kappa shape index (κ1) is 32.9. The average molecular weight is 582 g/mol. The normalized spacial score (nSPS) is 29.8. The summed E-state index contributed by atoms with van der Waals surface area (Å²) >= 11 is 0. The number of hydrogen-bond acceptors (Lipinski definition) is 15. The second-order valence-electron chi connectivity index (χ2n) is 8.90. The Morgan fingerprint density at radius 3 is 1.78 bits per heavy atom. The monoisotopic (exact) mass is 581 g/mol. The molecule has 0 radical (unpaired) electrons. The Bertz CT molecular complexity index is 1140. The lowest BCUT2D eigenvalue weighted by molar-refractivity contribution is -0.320. The molecule has 0 saturated carbocycles. The van der Waals surface area contributed by atoms with Gasteiger partial charge in [-0.05, 0) is 11.6 Å². The van der Waals surface area contributed by atoms with Crippen molar-refractivity contribution in [1.29, 1.82) is 5.26 Å². The van der Waals surface area contributed by atoms with Gasteiger partial charge < -0.3 is 37.9 Å². The lowest BCUT2D eigenvalue weighted by Crippen LogP contribution is -2.64. The first-order valence-corrected chi connectivity index (χ1v) is 12.3. The molecule has 1 heterocycles. The zero-order chi connectivity index (χ0) is 30.9. The van der Waals surface area contributed by atoms with Crippen LogP contribution in [0.5, 0.6) is 0 Å². The summed E-state index contributed by atoms with van der Waals surface area (Å²) in [6.07, 6.45) is -7.56. The van der Waals surface area contributed by atoms with Crippen LogP contribution in [0.1, 0.15) is 41.5 Å². The van der Waals surface area contributed by atoms with Crippen LogP contribution >= 0.6 is 0 Å². The van der Waals surface area contributed by atoms with Gasteiger partial charge in [0, 0.05) is 47.6 Å². The molecule has 0 aromatic rings. The Morgan fingerprint density at radius 1 is 0.756 bits per heavy atom. The van der Waals surface area contributed by atoms with E-state index in [0.717, 1.165) is 47.6 Å². The van der Waals surface area contributed by atoms with Crippen LogP contribution < -0.4 is 0 Å². The van der Waals surface area contributed by atoms with Crippen molar-refractivity contribution in [3.05, 3.63) is 23.8 Å². The SMILES string of the molecule is CC(=O)OC[C@H]1O[C@@H](O[C@H]2/C(=C\C#N)C=C[C@@H](OC(C)=O)[C@H]2OC(C)=O)[C@H](OC(C)=O)[C@@H](OC(C)=O)[C@@H]1OC(C)=O. The first-order valence-electron chi connectivity index (χ1n) is 12.3. The molecule has 0 unspecified atom stereocenters. The molecule has 0 N–H and O–H groups in total. The highest BCUT2D eigenvalue weighted by Gasteiger charge is 2.54. The van der Waals surface area contributed by atoms with Crippen molar-refractivity contribution in [3.63, 3.8) is 0 Å². The molecule has 41 heavy (non-hydrogen) atoms. The average Bonchev–Trinajstić information content (AvgIpc) is 2.83. The van der Waals surface area contributed by atoms with Crippen molar-refractivity contribution >= 4 is 35.8 Å². The lowest BCUT2D eigenvalue weighted by Gasteiger charge is -2.46. The maximum atomic E-state index is 12.1. The minimum absolute atomic E-state index is 0.148. The number of carbonyl (C=O) groups is 6. The number of rotatable bonds is 9. The van der Waals surface area contributed by atoms with E-state index in [0.29, 0.717) is 0 Å².